The van der Waals surface area contributed by atoms with Crippen LogP contribution in [0.1, 0.15) is 13.3 Å². The average molecular weight is 256 g/mol. The van der Waals surface area contributed by atoms with Gasteiger partial charge in [-0.15, -0.1) is 0 Å². The van der Waals surface area contributed by atoms with Crippen molar-refractivity contribution in [2.75, 3.05) is 5.75 Å². The zero-order valence-corrected chi connectivity index (χ0v) is 12.9. The number of hydrogen-bond donors (Lipinski definition) is 1. The number of rotatable bonds is 2. The molecule has 0 heterocycles. The van der Waals surface area contributed by atoms with Crippen molar-refractivity contribution >= 4 is 29.8 Å². The first-order valence-electron chi connectivity index (χ1n) is 3.92. The Morgan fingerprint density at radius 2 is 1.71 bits per heavy atom. The van der Waals surface area contributed by atoms with E-state index in [0.717, 1.165) is 6.42 Å². The molecule has 0 saturated carbocycles. The summed E-state index contributed by atoms with van der Waals surface area (Å²) in [5.41, 5.74) is 0. The average Bonchev–Trinajstić information content (AvgIpc) is 2.06. The summed E-state index contributed by atoms with van der Waals surface area (Å²) in [6.07, 6.45) is 0.888. The van der Waals surface area contributed by atoms with E-state index in [1.165, 1.54) is 0 Å². The molecule has 0 aliphatic heterocycles. The molecule has 1 aromatic rings. The third-order valence-corrected chi connectivity index (χ3v) is 2.99. The fraction of sp³-hybridized carbons (Fsp3) is 0.333. The van der Waals surface area contributed by atoms with Crippen molar-refractivity contribution in [1.29, 1.82) is 0 Å². The van der Waals surface area contributed by atoms with Gasteiger partial charge in [0.1, 0.15) is 0 Å². The maximum Gasteiger partial charge on any atom is 1.00 e. The van der Waals surface area contributed by atoms with Crippen LogP contribution in [0.5, 0.6) is 0 Å². The van der Waals surface area contributed by atoms with Gasteiger partial charge < -0.3 is 4.55 Å². The first-order valence-corrected chi connectivity index (χ1v) is 7.53. The zero-order valence-electron chi connectivity index (χ0n) is 8.47. The van der Waals surface area contributed by atoms with Crippen LogP contribution >= 0.6 is 0 Å². The van der Waals surface area contributed by atoms with E-state index in [1.807, 2.05) is 37.3 Å². The van der Waals surface area contributed by atoms with Gasteiger partial charge in [0.2, 0.25) is 0 Å². The molecule has 0 fully saturated rings. The Morgan fingerprint density at radius 1 is 1.21 bits per heavy atom. The predicted octanol–water partition coefficient (Wildman–Crippen LogP) is -0.562. The maximum absolute atomic E-state index is 8.73. The summed E-state index contributed by atoms with van der Waals surface area (Å²) in [4.78, 5) is 0. The minimum absolute atomic E-state index is 0. The molecule has 0 aromatic heterocycles. The Balaban J connectivity index is 0. The molecule has 0 unspecified atom stereocenters. The molecule has 1 nitrogen and oxygen atoms in total. The SMILES string of the molecule is CCCS(O)(=S)=S.[Na+].[c-]1ccccc1. The molecule has 0 saturated heterocycles. The molecule has 0 atom stereocenters. The molecule has 1 aromatic carbocycles. The molecule has 5 heteroatoms. The second-order valence-electron chi connectivity index (χ2n) is 2.36. The van der Waals surface area contributed by atoms with Gasteiger partial charge in [0.25, 0.3) is 0 Å². The summed E-state index contributed by atoms with van der Waals surface area (Å²) in [6.45, 7) is 1.95. The van der Waals surface area contributed by atoms with E-state index in [1.54, 1.807) is 0 Å². The molecule has 0 amide bonds. The second kappa shape index (κ2) is 10.5. The fourth-order valence-corrected chi connectivity index (χ4v) is 2.12. The van der Waals surface area contributed by atoms with Crippen LogP contribution in [0.3, 0.4) is 0 Å². The summed E-state index contributed by atoms with van der Waals surface area (Å²) >= 11 is 9.08. The van der Waals surface area contributed by atoms with Crippen molar-refractivity contribution in [3.63, 3.8) is 0 Å². The standard InChI is InChI=1S/C6H5.C3H8OS3.Na/c1-2-4-6-5-3-1;1-2-3-7(4,5)6;/h1-5H;2-3H2,1H3,(H,4,5,6);/q-1;;+1. The van der Waals surface area contributed by atoms with E-state index < -0.39 is 7.43 Å². The van der Waals surface area contributed by atoms with E-state index in [-0.39, 0.29) is 29.6 Å². The van der Waals surface area contributed by atoms with Gasteiger partial charge in [-0.25, -0.2) is 0 Å². The van der Waals surface area contributed by atoms with Gasteiger partial charge in [-0.05, 0) is 28.8 Å². The summed E-state index contributed by atoms with van der Waals surface area (Å²) < 4.78 is 8.73. The van der Waals surface area contributed by atoms with Gasteiger partial charge in [0.05, 0.1) is 0 Å². The van der Waals surface area contributed by atoms with Crippen molar-refractivity contribution in [3.05, 3.63) is 36.4 Å². The van der Waals surface area contributed by atoms with Gasteiger partial charge in [-0.3, -0.25) is 0 Å². The smallest absolute Gasteiger partial charge is 0.325 e. The van der Waals surface area contributed by atoms with Crippen LogP contribution in [-0.2, 0) is 29.8 Å². The Labute approximate surface area is 118 Å². The van der Waals surface area contributed by atoms with Gasteiger partial charge in [0, 0.05) is 13.2 Å². The molecule has 0 spiro atoms. The maximum atomic E-state index is 8.73. The van der Waals surface area contributed by atoms with Crippen LogP contribution < -0.4 is 29.6 Å². The Hall–Kier alpha value is 0.970. The van der Waals surface area contributed by atoms with Crippen LogP contribution in [-0.4, -0.2) is 10.3 Å². The first-order chi connectivity index (χ1) is 6.06. The predicted molar refractivity (Wildman–Crippen MR) is 65.2 cm³/mol. The molecule has 74 valence electrons. The van der Waals surface area contributed by atoms with E-state index in [0.29, 0.717) is 5.75 Å². The van der Waals surface area contributed by atoms with Crippen LogP contribution in [0, 0.1) is 6.07 Å². The largest absolute Gasteiger partial charge is 1.00 e. The Bertz CT molecular complexity index is 270. The van der Waals surface area contributed by atoms with Crippen molar-refractivity contribution < 1.29 is 34.1 Å². The molecule has 0 radical (unpaired) electrons. The molecule has 0 bridgehead atoms. The van der Waals surface area contributed by atoms with Crippen molar-refractivity contribution in [3.8, 4) is 0 Å². The summed E-state index contributed by atoms with van der Waals surface area (Å²) in [5, 5.41) is 0. The Morgan fingerprint density at radius 3 is 1.79 bits per heavy atom. The third-order valence-electron chi connectivity index (χ3n) is 1.07. The monoisotopic (exact) mass is 256 g/mol. The van der Waals surface area contributed by atoms with Gasteiger partial charge in [0.15, 0.2) is 0 Å². The number of hydrogen-bond acceptors (Lipinski definition) is 2. The summed E-state index contributed by atoms with van der Waals surface area (Å²) in [7, 11) is -2.01. The van der Waals surface area contributed by atoms with Crippen LogP contribution in [0.4, 0.5) is 0 Å². The van der Waals surface area contributed by atoms with E-state index in [2.05, 4.69) is 28.4 Å². The zero-order chi connectivity index (χ0) is 10.2. The van der Waals surface area contributed by atoms with Crippen molar-refractivity contribution in [1.82, 2.24) is 0 Å². The van der Waals surface area contributed by atoms with E-state index >= 15 is 0 Å². The van der Waals surface area contributed by atoms with Gasteiger partial charge in [-0.1, -0.05) is 6.92 Å². The molecule has 1 rings (SSSR count). The molecular weight excluding hydrogens is 243 g/mol. The molecule has 14 heavy (non-hydrogen) atoms. The normalized spacial score (nSPS) is 9.29. The second-order valence-corrected chi connectivity index (χ2v) is 7.88. The minimum atomic E-state index is -2.01. The summed E-state index contributed by atoms with van der Waals surface area (Å²) in [6, 6.07) is 12.5. The molecule has 0 aliphatic carbocycles. The Kier molecular flexibility index (Phi) is 13.0. The minimum Gasteiger partial charge on any atom is -0.325 e. The van der Waals surface area contributed by atoms with Crippen molar-refractivity contribution in [2.45, 2.75) is 13.3 Å². The molecule has 1 N–H and O–H groups in total. The van der Waals surface area contributed by atoms with Gasteiger partial charge >= 0.3 is 29.6 Å². The van der Waals surface area contributed by atoms with E-state index in [4.69, 9.17) is 4.55 Å². The summed E-state index contributed by atoms with van der Waals surface area (Å²) in [5.74, 6) is 0.609. The van der Waals surface area contributed by atoms with Crippen molar-refractivity contribution in [2.24, 2.45) is 0 Å². The number of benzene rings is 1. The molecule has 0 aliphatic rings. The van der Waals surface area contributed by atoms with Crippen LogP contribution in [0.2, 0.25) is 0 Å². The fourth-order valence-electron chi connectivity index (χ4n) is 0.600. The molecular formula is C9H13NaOS3. The van der Waals surface area contributed by atoms with E-state index in [9.17, 15) is 0 Å². The van der Waals surface area contributed by atoms with Gasteiger partial charge in [-0.2, -0.15) is 36.4 Å². The van der Waals surface area contributed by atoms with Crippen LogP contribution in [0.15, 0.2) is 30.3 Å². The first kappa shape index (κ1) is 17.4. The quantitative estimate of drug-likeness (QED) is 0.566. The van der Waals surface area contributed by atoms with Crippen LogP contribution in [0.25, 0.3) is 0 Å². The third kappa shape index (κ3) is 15.4. The topological polar surface area (TPSA) is 20.2 Å².